The summed E-state index contributed by atoms with van der Waals surface area (Å²) in [6, 6.07) is 0.300. The Balaban J connectivity index is 2.30. The van der Waals surface area contributed by atoms with Crippen molar-refractivity contribution in [2.75, 3.05) is 25.1 Å². The Morgan fingerprint density at radius 3 is 2.94 bits per heavy atom. The van der Waals surface area contributed by atoms with Crippen molar-refractivity contribution in [3.8, 4) is 0 Å². The van der Waals surface area contributed by atoms with Gasteiger partial charge in [-0.2, -0.15) is 11.8 Å². The lowest BCUT2D eigenvalue weighted by atomic mass is 10.1. The summed E-state index contributed by atoms with van der Waals surface area (Å²) in [6.07, 6.45) is 1.78. The van der Waals surface area contributed by atoms with Crippen molar-refractivity contribution in [3.63, 3.8) is 0 Å². The standard InChI is InChI=1S/C13H21N3OS/c1-9(2)12-10(7-17)6-14-13(15-12)11-8-18-5-4-16(11)3/h6,9,11,17H,4-5,7-8H2,1-3H3. The molecule has 0 bridgehead atoms. The van der Waals surface area contributed by atoms with E-state index in [0.29, 0.717) is 12.0 Å². The van der Waals surface area contributed by atoms with E-state index in [4.69, 9.17) is 4.98 Å². The zero-order valence-electron chi connectivity index (χ0n) is 11.3. The van der Waals surface area contributed by atoms with Gasteiger partial charge in [-0.3, -0.25) is 4.90 Å². The molecule has 1 unspecified atom stereocenters. The molecule has 1 saturated heterocycles. The molecule has 5 heteroatoms. The summed E-state index contributed by atoms with van der Waals surface area (Å²) in [5.74, 6) is 3.44. The first kappa shape index (κ1) is 13.8. The van der Waals surface area contributed by atoms with E-state index in [9.17, 15) is 5.11 Å². The lowest BCUT2D eigenvalue weighted by Gasteiger charge is -2.31. The van der Waals surface area contributed by atoms with E-state index in [2.05, 4.69) is 30.8 Å². The van der Waals surface area contributed by atoms with Crippen LogP contribution in [0.5, 0.6) is 0 Å². The Hall–Kier alpha value is -0.650. The van der Waals surface area contributed by atoms with Gasteiger partial charge in [-0.15, -0.1) is 0 Å². The molecule has 1 aromatic rings. The Kier molecular flexibility index (Phi) is 4.59. The summed E-state index contributed by atoms with van der Waals surface area (Å²) in [7, 11) is 2.13. The van der Waals surface area contributed by atoms with Crippen LogP contribution in [-0.2, 0) is 6.61 Å². The number of aliphatic hydroxyl groups is 1. The minimum absolute atomic E-state index is 0.0169. The van der Waals surface area contributed by atoms with Crippen LogP contribution in [0.1, 0.15) is 42.9 Å². The van der Waals surface area contributed by atoms with Crippen LogP contribution in [0.2, 0.25) is 0 Å². The molecule has 0 aromatic carbocycles. The van der Waals surface area contributed by atoms with E-state index in [0.717, 1.165) is 29.4 Å². The molecule has 1 aromatic heterocycles. The second-order valence-electron chi connectivity index (χ2n) is 5.02. The first-order valence-corrected chi connectivity index (χ1v) is 7.53. The predicted molar refractivity (Wildman–Crippen MR) is 74.7 cm³/mol. The molecule has 100 valence electrons. The molecule has 4 nitrogen and oxygen atoms in total. The number of hydrogen-bond donors (Lipinski definition) is 1. The van der Waals surface area contributed by atoms with Crippen molar-refractivity contribution < 1.29 is 5.11 Å². The molecule has 1 N–H and O–H groups in total. The van der Waals surface area contributed by atoms with Crippen LogP contribution in [0.25, 0.3) is 0 Å². The number of hydrogen-bond acceptors (Lipinski definition) is 5. The van der Waals surface area contributed by atoms with Gasteiger partial charge in [-0.25, -0.2) is 9.97 Å². The lowest BCUT2D eigenvalue weighted by molar-refractivity contribution is 0.260. The molecule has 1 fully saturated rings. The molecular formula is C13H21N3OS. The van der Waals surface area contributed by atoms with Crippen molar-refractivity contribution in [2.45, 2.75) is 32.4 Å². The van der Waals surface area contributed by atoms with Crippen molar-refractivity contribution >= 4 is 11.8 Å². The Morgan fingerprint density at radius 1 is 1.56 bits per heavy atom. The molecule has 0 amide bonds. The fourth-order valence-corrected chi connectivity index (χ4v) is 3.39. The maximum atomic E-state index is 9.33. The van der Waals surface area contributed by atoms with Crippen molar-refractivity contribution in [1.29, 1.82) is 0 Å². The summed E-state index contributed by atoms with van der Waals surface area (Å²) in [5.41, 5.74) is 1.83. The average Bonchev–Trinajstić information content (AvgIpc) is 2.38. The van der Waals surface area contributed by atoms with Gasteiger partial charge in [-0.1, -0.05) is 13.8 Å². The topological polar surface area (TPSA) is 49.2 Å². The first-order chi connectivity index (χ1) is 8.63. The minimum Gasteiger partial charge on any atom is -0.392 e. The zero-order valence-corrected chi connectivity index (χ0v) is 12.1. The lowest BCUT2D eigenvalue weighted by Crippen LogP contribution is -2.34. The molecule has 1 atom stereocenters. The second-order valence-corrected chi connectivity index (χ2v) is 6.17. The van der Waals surface area contributed by atoms with Gasteiger partial charge in [0.1, 0.15) is 5.82 Å². The van der Waals surface area contributed by atoms with Gasteiger partial charge in [0.25, 0.3) is 0 Å². The zero-order chi connectivity index (χ0) is 13.1. The van der Waals surface area contributed by atoms with Gasteiger partial charge in [0.15, 0.2) is 0 Å². The summed E-state index contributed by atoms with van der Waals surface area (Å²) in [6.45, 7) is 5.30. The molecule has 2 heterocycles. The molecule has 18 heavy (non-hydrogen) atoms. The molecule has 0 aliphatic carbocycles. The molecule has 1 aliphatic rings. The molecule has 0 saturated carbocycles. The van der Waals surface area contributed by atoms with Gasteiger partial charge in [0, 0.05) is 29.8 Å². The Bertz CT molecular complexity index is 411. The van der Waals surface area contributed by atoms with E-state index < -0.39 is 0 Å². The second kappa shape index (κ2) is 5.99. The van der Waals surface area contributed by atoms with Crippen molar-refractivity contribution in [1.82, 2.24) is 14.9 Å². The molecule has 1 aliphatic heterocycles. The highest BCUT2D eigenvalue weighted by atomic mass is 32.2. The van der Waals surface area contributed by atoms with Crippen molar-refractivity contribution in [3.05, 3.63) is 23.3 Å². The van der Waals surface area contributed by atoms with Gasteiger partial charge in [-0.05, 0) is 13.0 Å². The smallest absolute Gasteiger partial charge is 0.146 e. The van der Waals surface area contributed by atoms with Gasteiger partial charge < -0.3 is 5.11 Å². The maximum absolute atomic E-state index is 9.33. The number of thioether (sulfide) groups is 1. The molecule has 0 spiro atoms. The number of aliphatic hydroxyl groups excluding tert-OH is 1. The third-order valence-electron chi connectivity index (χ3n) is 3.33. The van der Waals surface area contributed by atoms with Crippen LogP contribution in [0.4, 0.5) is 0 Å². The highest BCUT2D eigenvalue weighted by molar-refractivity contribution is 7.99. The first-order valence-electron chi connectivity index (χ1n) is 6.38. The third kappa shape index (κ3) is 2.84. The fourth-order valence-electron chi connectivity index (χ4n) is 2.17. The van der Waals surface area contributed by atoms with Crippen LogP contribution in [0.15, 0.2) is 6.20 Å². The van der Waals surface area contributed by atoms with Crippen molar-refractivity contribution in [2.24, 2.45) is 0 Å². The quantitative estimate of drug-likeness (QED) is 0.905. The summed E-state index contributed by atoms with van der Waals surface area (Å²) in [4.78, 5) is 11.4. The number of rotatable bonds is 3. The van der Waals surface area contributed by atoms with E-state index in [-0.39, 0.29) is 6.61 Å². The Labute approximate surface area is 113 Å². The SMILES string of the molecule is CC(C)c1nc(C2CSCCN2C)ncc1CO. The predicted octanol–water partition coefficient (Wildman–Crippen LogP) is 1.81. The van der Waals surface area contributed by atoms with Crippen LogP contribution >= 0.6 is 11.8 Å². The molecule has 0 radical (unpaired) electrons. The van der Waals surface area contributed by atoms with Crippen LogP contribution in [0.3, 0.4) is 0 Å². The summed E-state index contributed by atoms with van der Waals surface area (Å²) >= 11 is 1.95. The van der Waals surface area contributed by atoms with Gasteiger partial charge >= 0.3 is 0 Å². The van der Waals surface area contributed by atoms with E-state index in [1.807, 2.05) is 11.8 Å². The monoisotopic (exact) mass is 267 g/mol. The largest absolute Gasteiger partial charge is 0.392 e. The molecular weight excluding hydrogens is 246 g/mol. The van der Waals surface area contributed by atoms with Gasteiger partial charge in [0.2, 0.25) is 0 Å². The number of aromatic nitrogens is 2. The highest BCUT2D eigenvalue weighted by Gasteiger charge is 2.24. The average molecular weight is 267 g/mol. The fraction of sp³-hybridized carbons (Fsp3) is 0.692. The minimum atomic E-state index is 0.0169. The van der Waals surface area contributed by atoms with Crippen LogP contribution in [-0.4, -0.2) is 45.1 Å². The molecule has 2 rings (SSSR count). The van der Waals surface area contributed by atoms with Crippen LogP contribution < -0.4 is 0 Å². The maximum Gasteiger partial charge on any atom is 0.146 e. The van der Waals surface area contributed by atoms with Crippen LogP contribution in [0, 0.1) is 0 Å². The van der Waals surface area contributed by atoms with E-state index in [1.165, 1.54) is 5.75 Å². The summed E-state index contributed by atoms with van der Waals surface area (Å²) in [5, 5.41) is 9.33. The number of nitrogens with zero attached hydrogens (tertiary/aromatic N) is 3. The third-order valence-corrected chi connectivity index (χ3v) is 4.35. The van der Waals surface area contributed by atoms with Gasteiger partial charge in [0.05, 0.1) is 18.3 Å². The van der Waals surface area contributed by atoms with E-state index >= 15 is 0 Å². The van der Waals surface area contributed by atoms with E-state index in [1.54, 1.807) is 6.20 Å². The normalized spacial score (nSPS) is 21.5. The highest BCUT2D eigenvalue weighted by Crippen LogP contribution is 2.27. The summed E-state index contributed by atoms with van der Waals surface area (Å²) < 4.78 is 0. The Morgan fingerprint density at radius 2 is 2.33 bits per heavy atom.